The largest absolute Gasteiger partial charge is 0.403 e. The second-order valence-corrected chi connectivity index (χ2v) is 4.50. The van der Waals surface area contributed by atoms with Gasteiger partial charge in [-0.1, -0.05) is 30.8 Å². The van der Waals surface area contributed by atoms with Crippen LogP contribution >= 0.6 is 12.2 Å². The van der Waals surface area contributed by atoms with Crippen molar-refractivity contribution in [1.82, 2.24) is 5.32 Å². The molecule has 2 nitrogen and oxygen atoms in total. The fourth-order valence-corrected chi connectivity index (χ4v) is 2.36. The van der Waals surface area contributed by atoms with Gasteiger partial charge in [-0.05, 0) is 32.1 Å². The highest BCUT2D eigenvalue weighted by Crippen LogP contribution is 2.32. The predicted molar refractivity (Wildman–Crippen MR) is 69.3 cm³/mol. The molecule has 2 atom stereocenters. The van der Waals surface area contributed by atoms with Crippen LogP contribution in [0.3, 0.4) is 0 Å². The molecule has 0 saturated carbocycles. The van der Waals surface area contributed by atoms with Gasteiger partial charge in [-0.3, -0.25) is 0 Å². The highest BCUT2D eigenvalue weighted by Gasteiger charge is 2.22. The van der Waals surface area contributed by atoms with Gasteiger partial charge in [-0.2, -0.15) is 0 Å². The Morgan fingerprint density at radius 1 is 1.73 bits per heavy atom. The molecule has 84 valence electrons. The van der Waals surface area contributed by atoms with Crippen LogP contribution in [-0.4, -0.2) is 5.49 Å². The molecule has 15 heavy (non-hydrogen) atoms. The Morgan fingerprint density at radius 3 is 3.00 bits per heavy atom. The summed E-state index contributed by atoms with van der Waals surface area (Å²) < 4.78 is 0. The van der Waals surface area contributed by atoms with Crippen molar-refractivity contribution >= 4 is 17.7 Å². The Bertz CT molecular complexity index is 281. The third-order valence-corrected chi connectivity index (χ3v) is 3.34. The van der Waals surface area contributed by atoms with E-state index in [0.717, 1.165) is 5.70 Å². The maximum Gasteiger partial charge on any atom is 0.0657 e. The monoisotopic (exact) mass is 224 g/mol. The average Bonchev–Trinajstić information content (AvgIpc) is 2.25. The van der Waals surface area contributed by atoms with Crippen LogP contribution in [-0.2, 0) is 0 Å². The quantitative estimate of drug-likeness (QED) is 0.569. The lowest BCUT2D eigenvalue weighted by molar-refractivity contribution is 0.356. The molecule has 0 radical (unpaired) electrons. The molecule has 0 aromatic heterocycles. The highest BCUT2D eigenvalue weighted by atomic mass is 32.1. The van der Waals surface area contributed by atoms with Crippen molar-refractivity contribution in [2.24, 2.45) is 17.6 Å². The van der Waals surface area contributed by atoms with Crippen LogP contribution in [0, 0.1) is 11.8 Å². The Balaban J connectivity index is 2.63. The zero-order valence-corrected chi connectivity index (χ0v) is 10.3. The molecule has 0 saturated heterocycles. The molecule has 0 fully saturated rings. The molecular weight excluding hydrogens is 204 g/mol. The fraction of sp³-hybridized carbons (Fsp3) is 0.583. The second-order valence-electron chi connectivity index (χ2n) is 4.26. The number of hydrogen-bond acceptors (Lipinski definition) is 2. The fourth-order valence-electron chi connectivity index (χ4n) is 2.22. The lowest BCUT2D eigenvalue weighted by Gasteiger charge is -2.28. The highest BCUT2D eigenvalue weighted by molar-refractivity contribution is 7.78. The van der Waals surface area contributed by atoms with Crippen LogP contribution in [0.2, 0.25) is 0 Å². The smallest absolute Gasteiger partial charge is 0.0657 e. The molecule has 3 heteroatoms. The Morgan fingerprint density at radius 2 is 2.47 bits per heavy atom. The number of nitrogens with one attached hydrogen (secondary N) is 1. The van der Waals surface area contributed by atoms with Crippen molar-refractivity contribution in [2.75, 3.05) is 0 Å². The van der Waals surface area contributed by atoms with E-state index in [1.54, 1.807) is 6.20 Å². The maximum atomic E-state index is 5.60. The Hall–Kier alpha value is -0.830. The molecule has 0 aromatic rings. The van der Waals surface area contributed by atoms with E-state index in [9.17, 15) is 0 Å². The van der Waals surface area contributed by atoms with Crippen LogP contribution in [0.1, 0.15) is 33.1 Å². The third-order valence-electron chi connectivity index (χ3n) is 3.22. The molecular formula is C12H20N2S. The van der Waals surface area contributed by atoms with Crippen LogP contribution in [0.5, 0.6) is 0 Å². The van der Waals surface area contributed by atoms with Crippen molar-refractivity contribution in [3.05, 3.63) is 23.5 Å². The molecule has 1 aliphatic rings. The van der Waals surface area contributed by atoms with Crippen LogP contribution < -0.4 is 11.1 Å². The molecule has 0 amide bonds. The van der Waals surface area contributed by atoms with Gasteiger partial charge in [-0.25, -0.2) is 0 Å². The standard InChI is InChI=1S/C12H20N2S/c1-9-4-3-5-11(6-9)10(2)12(7-13)14-8-15/h4,7-8,10-11H,3,5-6,13H2,1-2H3,(H,14,15)/b12-7-. The van der Waals surface area contributed by atoms with Crippen LogP contribution in [0.15, 0.2) is 23.5 Å². The van der Waals surface area contributed by atoms with Crippen molar-refractivity contribution in [1.29, 1.82) is 0 Å². The molecule has 0 aliphatic heterocycles. The minimum absolute atomic E-state index is 0.456. The van der Waals surface area contributed by atoms with E-state index in [1.165, 1.54) is 30.3 Å². The van der Waals surface area contributed by atoms with Gasteiger partial charge in [-0.15, -0.1) is 0 Å². The molecule has 3 N–H and O–H groups in total. The van der Waals surface area contributed by atoms with E-state index in [4.69, 9.17) is 18.0 Å². The summed E-state index contributed by atoms with van der Waals surface area (Å²) in [6.45, 7) is 4.42. The van der Waals surface area contributed by atoms with Crippen LogP contribution in [0.25, 0.3) is 0 Å². The van der Waals surface area contributed by atoms with Crippen molar-refractivity contribution in [2.45, 2.75) is 33.1 Å². The first-order valence-corrected chi connectivity index (χ1v) is 5.93. The number of allylic oxidation sites excluding steroid dienone is 3. The molecule has 1 aliphatic carbocycles. The SMILES string of the molecule is CC1=CCCC(C(C)/C(=C/N)NC=S)C1. The lowest BCUT2D eigenvalue weighted by atomic mass is 9.80. The van der Waals surface area contributed by atoms with Gasteiger partial charge in [0.25, 0.3) is 0 Å². The summed E-state index contributed by atoms with van der Waals surface area (Å²) in [5.41, 5.74) is 9.67. The minimum Gasteiger partial charge on any atom is -0.403 e. The van der Waals surface area contributed by atoms with E-state index >= 15 is 0 Å². The summed E-state index contributed by atoms with van der Waals surface area (Å²) in [5.74, 6) is 1.14. The van der Waals surface area contributed by atoms with Gasteiger partial charge in [0.15, 0.2) is 0 Å². The van der Waals surface area contributed by atoms with E-state index in [2.05, 4.69) is 25.2 Å². The molecule has 0 bridgehead atoms. The molecule has 0 aromatic carbocycles. The topological polar surface area (TPSA) is 38.0 Å². The van der Waals surface area contributed by atoms with E-state index < -0.39 is 0 Å². The Labute approximate surface area is 97.6 Å². The lowest BCUT2D eigenvalue weighted by Crippen LogP contribution is -2.25. The van der Waals surface area contributed by atoms with Gasteiger partial charge < -0.3 is 11.1 Å². The van der Waals surface area contributed by atoms with Gasteiger partial charge >= 0.3 is 0 Å². The van der Waals surface area contributed by atoms with Gasteiger partial charge in [0.1, 0.15) is 0 Å². The first-order valence-electron chi connectivity index (χ1n) is 5.46. The van der Waals surface area contributed by atoms with Crippen molar-refractivity contribution in [3.8, 4) is 0 Å². The molecule has 1 rings (SSSR count). The summed E-state index contributed by atoms with van der Waals surface area (Å²) in [7, 11) is 0. The van der Waals surface area contributed by atoms with E-state index in [-0.39, 0.29) is 0 Å². The molecule has 0 spiro atoms. The average molecular weight is 224 g/mol. The van der Waals surface area contributed by atoms with Gasteiger partial charge in [0, 0.05) is 17.8 Å². The first kappa shape index (κ1) is 12.2. The summed E-state index contributed by atoms with van der Waals surface area (Å²) in [4.78, 5) is 0. The minimum atomic E-state index is 0.456. The van der Waals surface area contributed by atoms with Crippen LogP contribution in [0.4, 0.5) is 0 Å². The number of thiocarbonyl (C=S) groups is 1. The Kier molecular flexibility index (Phi) is 4.82. The van der Waals surface area contributed by atoms with E-state index in [0.29, 0.717) is 11.8 Å². The summed E-state index contributed by atoms with van der Waals surface area (Å²) in [6, 6.07) is 0. The van der Waals surface area contributed by atoms with Crippen molar-refractivity contribution < 1.29 is 0 Å². The summed E-state index contributed by atoms with van der Waals surface area (Å²) >= 11 is 4.79. The third kappa shape index (κ3) is 3.34. The zero-order valence-electron chi connectivity index (χ0n) is 9.49. The number of hydrogen-bond donors (Lipinski definition) is 2. The molecule has 2 unspecified atom stereocenters. The second kappa shape index (κ2) is 5.91. The number of rotatable bonds is 4. The maximum absolute atomic E-state index is 5.60. The molecule has 0 heterocycles. The normalized spacial score (nSPS) is 24.3. The summed E-state index contributed by atoms with van der Waals surface area (Å²) in [5, 5.41) is 3.05. The van der Waals surface area contributed by atoms with E-state index in [1.807, 2.05) is 0 Å². The van der Waals surface area contributed by atoms with Gasteiger partial charge in [0.2, 0.25) is 0 Å². The number of nitrogens with two attached hydrogens (primary N) is 1. The van der Waals surface area contributed by atoms with Crippen molar-refractivity contribution in [3.63, 3.8) is 0 Å². The first-order chi connectivity index (χ1) is 7.19. The summed E-state index contributed by atoms with van der Waals surface area (Å²) in [6.07, 6.45) is 7.59. The predicted octanol–water partition coefficient (Wildman–Crippen LogP) is 2.72. The zero-order chi connectivity index (χ0) is 11.3. The van der Waals surface area contributed by atoms with Gasteiger partial charge in [0.05, 0.1) is 5.49 Å².